The first-order valence-corrected chi connectivity index (χ1v) is 7.72. The number of hydrogen-bond donors (Lipinski definition) is 3. The molecule has 1 aliphatic heterocycles. The number of amidine groups is 1. The molecule has 0 bridgehead atoms. The van der Waals surface area contributed by atoms with Gasteiger partial charge in [0.05, 0.1) is 6.54 Å². The van der Waals surface area contributed by atoms with E-state index in [0.29, 0.717) is 24.0 Å². The maximum absolute atomic E-state index is 9.06. The lowest BCUT2D eigenvalue weighted by Gasteiger charge is -2.05. The minimum Gasteiger partial charge on any atom is -0.493 e. The van der Waals surface area contributed by atoms with Crippen LogP contribution in [0.5, 0.6) is 11.9 Å². The van der Waals surface area contributed by atoms with Crippen molar-refractivity contribution in [2.75, 3.05) is 13.1 Å². The molecule has 6 nitrogen and oxygen atoms in total. The number of rotatable bonds is 1. The Hall–Kier alpha value is -2.37. The summed E-state index contributed by atoms with van der Waals surface area (Å²) >= 11 is 0. The smallest absolute Gasteiger partial charge is 0.317 e. The molecule has 1 aromatic heterocycles. The van der Waals surface area contributed by atoms with E-state index in [1.165, 1.54) is 17.2 Å². The van der Waals surface area contributed by atoms with E-state index >= 15 is 0 Å². The van der Waals surface area contributed by atoms with Crippen LogP contribution in [0.3, 0.4) is 0 Å². The molecule has 0 saturated carbocycles. The van der Waals surface area contributed by atoms with Crippen LogP contribution in [0.2, 0.25) is 0 Å². The van der Waals surface area contributed by atoms with Gasteiger partial charge in [0.2, 0.25) is 5.88 Å². The topological polar surface area (TPSA) is 90.6 Å². The summed E-state index contributed by atoms with van der Waals surface area (Å²) in [5.41, 5.74) is 6.52. The Morgan fingerprint density at radius 2 is 1.65 bits per heavy atom. The number of aromatic hydroxyl groups is 2. The second-order valence-electron chi connectivity index (χ2n) is 5.91. The first-order valence-electron chi connectivity index (χ1n) is 7.72. The zero-order valence-electron chi connectivity index (χ0n) is 14.3. The van der Waals surface area contributed by atoms with Gasteiger partial charge >= 0.3 is 6.01 Å². The predicted octanol–water partition coefficient (Wildman–Crippen LogP) is 2.55. The fourth-order valence-electron chi connectivity index (χ4n) is 2.68. The Balaban J connectivity index is 0.000000174. The van der Waals surface area contributed by atoms with E-state index in [0.717, 1.165) is 6.54 Å². The summed E-state index contributed by atoms with van der Waals surface area (Å²) in [6, 6.07) is 0.892. The van der Waals surface area contributed by atoms with Crippen LogP contribution in [0.4, 0.5) is 0 Å². The molecule has 1 aromatic rings. The molecule has 0 fully saturated rings. The van der Waals surface area contributed by atoms with Gasteiger partial charge in [-0.3, -0.25) is 4.99 Å². The van der Waals surface area contributed by atoms with Gasteiger partial charge in [-0.25, -0.2) is 0 Å². The summed E-state index contributed by atoms with van der Waals surface area (Å²) in [7, 11) is 0. The third-order valence-electron chi connectivity index (χ3n) is 4.66. The summed E-state index contributed by atoms with van der Waals surface area (Å²) in [4.78, 5) is 11.1. The van der Waals surface area contributed by atoms with Crippen LogP contribution in [-0.2, 0) is 0 Å². The number of nitrogens with one attached hydrogen (secondary N) is 1. The van der Waals surface area contributed by atoms with Crippen molar-refractivity contribution >= 4 is 5.84 Å². The van der Waals surface area contributed by atoms with Crippen LogP contribution in [0.1, 0.15) is 40.3 Å². The lowest BCUT2D eigenvalue weighted by Crippen LogP contribution is -2.20. The number of nitrogens with zero attached hydrogens (tertiary/aromatic N) is 3. The molecule has 124 valence electrons. The largest absolute Gasteiger partial charge is 0.493 e. The van der Waals surface area contributed by atoms with Crippen molar-refractivity contribution in [3.05, 3.63) is 34.1 Å². The SMILES string of the molecule is CC1=C(C)C(C)C(C)=C1C.Oc1cc(C2=NCCN2)nc(O)n1. The van der Waals surface area contributed by atoms with Crippen LogP contribution >= 0.6 is 0 Å². The quantitative estimate of drug-likeness (QED) is 0.740. The monoisotopic (exact) mass is 316 g/mol. The van der Waals surface area contributed by atoms with Crippen LogP contribution in [0, 0.1) is 5.92 Å². The molecule has 3 N–H and O–H groups in total. The Morgan fingerprint density at radius 1 is 1.04 bits per heavy atom. The fraction of sp³-hybridized carbons (Fsp3) is 0.471. The van der Waals surface area contributed by atoms with Gasteiger partial charge in [-0.05, 0) is 44.8 Å². The van der Waals surface area contributed by atoms with E-state index in [4.69, 9.17) is 10.2 Å². The lowest BCUT2D eigenvalue weighted by atomic mass is 10.00. The average molecular weight is 316 g/mol. The summed E-state index contributed by atoms with van der Waals surface area (Å²) in [6.07, 6.45) is 0. The molecule has 3 rings (SSSR count). The minimum atomic E-state index is -0.452. The molecule has 0 saturated heterocycles. The molecule has 23 heavy (non-hydrogen) atoms. The van der Waals surface area contributed by atoms with Gasteiger partial charge in [-0.15, -0.1) is 0 Å². The predicted molar refractivity (Wildman–Crippen MR) is 90.7 cm³/mol. The lowest BCUT2D eigenvalue weighted by molar-refractivity contribution is 0.397. The number of aliphatic imine (C=N–C) groups is 1. The van der Waals surface area contributed by atoms with Gasteiger partial charge in [0.25, 0.3) is 0 Å². The maximum Gasteiger partial charge on any atom is 0.317 e. The first kappa shape index (κ1) is 17.0. The van der Waals surface area contributed by atoms with Crippen LogP contribution < -0.4 is 5.32 Å². The molecule has 0 unspecified atom stereocenters. The van der Waals surface area contributed by atoms with E-state index in [2.05, 4.69) is 54.9 Å². The fourth-order valence-corrected chi connectivity index (χ4v) is 2.68. The Morgan fingerprint density at radius 3 is 2.04 bits per heavy atom. The molecule has 0 radical (unpaired) electrons. The highest BCUT2D eigenvalue weighted by Crippen LogP contribution is 2.35. The maximum atomic E-state index is 9.06. The molecule has 6 heteroatoms. The molecule has 1 aliphatic carbocycles. The van der Waals surface area contributed by atoms with E-state index < -0.39 is 6.01 Å². The number of allylic oxidation sites excluding steroid dienone is 4. The van der Waals surface area contributed by atoms with Crippen molar-refractivity contribution in [1.82, 2.24) is 15.3 Å². The standard InChI is InChI=1S/C10H16.C7H8N4O2/c1-6-7(2)9(4)10(5)8(6)3;12-5-3-4(10-7(13)11-5)6-8-1-2-9-6/h6H,1-5H3;3H,1-2H2,(H,8,9)(H2,10,11,12,13). The van der Waals surface area contributed by atoms with Crippen molar-refractivity contribution in [3.63, 3.8) is 0 Å². The molecule has 2 aliphatic rings. The van der Waals surface area contributed by atoms with E-state index in [1.807, 2.05) is 0 Å². The minimum absolute atomic E-state index is 0.265. The summed E-state index contributed by atoms with van der Waals surface area (Å²) < 4.78 is 0. The third-order valence-corrected chi connectivity index (χ3v) is 4.66. The summed E-state index contributed by atoms with van der Waals surface area (Å²) in [5.74, 6) is 1.01. The molecule has 0 aromatic carbocycles. The van der Waals surface area contributed by atoms with Crippen molar-refractivity contribution in [3.8, 4) is 11.9 Å². The van der Waals surface area contributed by atoms with E-state index in [1.54, 1.807) is 11.1 Å². The normalized spacial score (nSPS) is 17.9. The number of aromatic nitrogens is 2. The van der Waals surface area contributed by atoms with Crippen LogP contribution in [0.15, 0.2) is 33.4 Å². The van der Waals surface area contributed by atoms with Crippen molar-refractivity contribution < 1.29 is 10.2 Å². The van der Waals surface area contributed by atoms with Gasteiger partial charge in [0.15, 0.2) is 0 Å². The summed E-state index contributed by atoms with van der Waals surface area (Å²) in [6.45, 7) is 12.6. The average Bonchev–Trinajstić information content (AvgIpc) is 3.09. The van der Waals surface area contributed by atoms with E-state index in [-0.39, 0.29) is 5.88 Å². The Kier molecular flexibility index (Phi) is 5.03. The zero-order valence-corrected chi connectivity index (χ0v) is 14.3. The highest BCUT2D eigenvalue weighted by atomic mass is 16.3. The van der Waals surface area contributed by atoms with Crippen molar-refractivity contribution in [2.45, 2.75) is 34.6 Å². The van der Waals surface area contributed by atoms with Crippen molar-refractivity contribution in [2.24, 2.45) is 10.9 Å². The first-order chi connectivity index (χ1) is 10.8. The molecular formula is C17H24N4O2. The Labute approximate surface area is 136 Å². The highest BCUT2D eigenvalue weighted by Gasteiger charge is 2.19. The molecule has 0 atom stereocenters. The van der Waals surface area contributed by atoms with Crippen LogP contribution in [-0.4, -0.2) is 39.1 Å². The molecule has 0 spiro atoms. The zero-order chi connectivity index (χ0) is 17.1. The van der Waals surface area contributed by atoms with Crippen molar-refractivity contribution in [1.29, 1.82) is 0 Å². The van der Waals surface area contributed by atoms with E-state index in [9.17, 15) is 0 Å². The van der Waals surface area contributed by atoms with Gasteiger partial charge < -0.3 is 15.5 Å². The summed E-state index contributed by atoms with van der Waals surface area (Å²) in [5, 5.41) is 21.0. The molecule has 2 heterocycles. The molecule has 0 amide bonds. The van der Waals surface area contributed by atoms with Gasteiger partial charge in [-0.1, -0.05) is 18.1 Å². The van der Waals surface area contributed by atoms with Gasteiger partial charge in [-0.2, -0.15) is 9.97 Å². The number of hydrogen-bond acceptors (Lipinski definition) is 6. The van der Waals surface area contributed by atoms with Crippen LogP contribution in [0.25, 0.3) is 0 Å². The third kappa shape index (κ3) is 3.70. The second-order valence-corrected chi connectivity index (χ2v) is 5.91. The van der Waals surface area contributed by atoms with Gasteiger partial charge in [0, 0.05) is 12.6 Å². The highest BCUT2D eigenvalue weighted by molar-refractivity contribution is 5.98. The Bertz CT molecular complexity index is 660. The second kappa shape index (κ2) is 6.81. The molecular weight excluding hydrogens is 292 g/mol. The van der Waals surface area contributed by atoms with Gasteiger partial charge in [0.1, 0.15) is 11.5 Å².